The van der Waals surface area contributed by atoms with Crippen molar-refractivity contribution in [3.05, 3.63) is 40.3 Å². The zero-order valence-electron chi connectivity index (χ0n) is 10.2. The summed E-state index contributed by atoms with van der Waals surface area (Å²) in [6.45, 7) is 0. The van der Waals surface area contributed by atoms with Gasteiger partial charge in [0.2, 0.25) is 0 Å². The highest BCUT2D eigenvalue weighted by atomic mass is 79.9. The Bertz CT molecular complexity index is 718. The van der Waals surface area contributed by atoms with Crippen molar-refractivity contribution in [2.24, 2.45) is 7.05 Å². The second kappa shape index (κ2) is 4.79. The number of nitrogens with two attached hydrogens (primary N) is 1. The normalized spacial score (nSPS) is 10.8. The van der Waals surface area contributed by atoms with Gasteiger partial charge in [0.05, 0.1) is 16.1 Å². The van der Waals surface area contributed by atoms with Crippen molar-refractivity contribution in [1.29, 1.82) is 0 Å². The Morgan fingerprint density at radius 3 is 2.79 bits per heavy atom. The van der Waals surface area contributed by atoms with Gasteiger partial charge in [-0.15, -0.1) is 11.3 Å². The molecule has 0 amide bonds. The third-order valence-electron chi connectivity index (χ3n) is 2.84. The molecule has 0 fully saturated rings. The summed E-state index contributed by atoms with van der Waals surface area (Å²) in [4.78, 5) is 5.44. The summed E-state index contributed by atoms with van der Waals surface area (Å²) in [6, 6.07) is 7.78. The molecule has 0 saturated heterocycles. The highest BCUT2D eigenvalue weighted by Gasteiger charge is 2.20. The topological polar surface area (TPSA) is 56.7 Å². The number of hydrogen-bond acceptors (Lipinski definition) is 4. The molecule has 3 aromatic heterocycles. The summed E-state index contributed by atoms with van der Waals surface area (Å²) in [5, 5.41) is 6.54. The second-order valence-electron chi connectivity index (χ2n) is 4.05. The lowest BCUT2D eigenvalue weighted by molar-refractivity contribution is 0.783. The Balaban J connectivity index is 2.28. The fourth-order valence-corrected chi connectivity index (χ4v) is 3.47. The van der Waals surface area contributed by atoms with Crippen LogP contribution >= 0.6 is 27.3 Å². The van der Waals surface area contributed by atoms with E-state index in [1.807, 2.05) is 36.7 Å². The predicted octanol–water partition coefficient (Wildman–Crippen LogP) is 3.56. The van der Waals surface area contributed by atoms with Gasteiger partial charge in [-0.1, -0.05) is 6.07 Å². The van der Waals surface area contributed by atoms with E-state index in [1.54, 1.807) is 22.2 Å². The van der Waals surface area contributed by atoms with Crippen LogP contribution < -0.4 is 5.73 Å². The Morgan fingerprint density at radius 2 is 2.16 bits per heavy atom. The molecule has 6 heteroatoms. The van der Waals surface area contributed by atoms with Crippen LogP contribution in [0.4, 0.5) is 5.82 Å². The first-order chi connectivity index (χ1) is 9.18. The smallest absolute Gasteiger partial charge is 0.131 e. The number of rotatable bonds is 2. The van der Waals surface area contributed by atoms with E-state index >= 15 is 0 Å². The van der Waals surface area contributed by atoms with Gasteiger partial charge >= 0.3 is 0 Å². The molecule has 0 aromatic carbocycles. The second-order valence-corrected chi connectivity index (χ2v) is 5.82. The Labute approximate surface area is 123 Å². The van der Waals surface area contributed by atoms with Crippen LogP contribution in [-0.2, 0) is 7.05 Å². The minimum atomic E-state index is 0.619. The van der Waals surface area contributed by atoms with E-state index in [0.717, 1.165) is 26.3 Å². The van der Waals surface area contributed by atoms with Crippen LogP contribution in [0.2, 0.25) is 0 Å². The van der Waals surface area contributed by atoms with E-state index in [4.69, 9.17) is 5.73 Å². The summed E-state index contributed by atoms with van der Waals surface area (Å²) in [7, 11) is 1.84. The lowest BCUT2D eigenvalue weighted by Crippen LogP contribution is -1.98. The van der Waals surface area contributed by atoms with Gasteiger partial charge in [0.1, 0.15) is 11.5 Å². The molecule has 0 unspecified atom stereocenters. The van der Waals surface area contributed by atoms with Crippen LogP contribution in [0, 0.1) is 0 Å². The van der Waals surface area contributed by atoms with Crippen LogP contribution in [0.25, 0.3) is 21.8 Å². The molecule has 0 aliphatic rings. The van der Waals surface area contributed by atoms with Gasteiger partial charge in [-0.05, 0) is 39.5 Å². The Hall–Kier alpha value is -1.66. The van der Waals surface area contributed by atoms with Crippen molar-refractivity contribution < 1.29 is 0 Å². The van der Waals surface area contributed by atoms with Crippen LogP contribution in [0.1, 0.15) is 0 Å². The number of hydrogen-bond donors (Lipinski definition) is 1. The van der Waals surface area contributed by atoms with E-state index in [9.17, 15) is 0 Å². The van der Waals surface area contributed by atoms with Crippen molar-refractivity contribution in [1.82, 2.24) is 14.8 Å². The molecule has 4 nitrogen and oxygen atoms in total. The Morgan fingerprint density at radius 1 is 1.32 bits per heavy atom. The van der Waals surface area contributed by atoms with Crippen LogP contribution in [0.3, 0.4) is 0 Å². The molecule has 2 N–H and O–H groups in total. The van der Waals surface area contributed by atoms with Gasteiger partial charge in [0, 0.05) is 17.7 Å². The molecule has 0 saturated carbocycles. The molecule has 0 spiro atoms. The van der Waals surface area contributed by atoms with Gasteiger partial charge in [-0.3, -0.25) is 9.67 Å². The molecular formula is C13H11BrN4S. The number of nitrogens with zero attached hydrogens (tertiary/aromatic N) is 3. The summed E-state index contributed by atoms with van der Waals surface area (Å²) < 4.78 is 2.71. The zero-order valence-corrected chi connectivity index (χ0v) is 12.6. The SMILES string of the molecule is Cn1nc(-c2sccc2Br)c(-c2ccccn2)c1N. The summed E-state index contributed by atoms with van der Waals surface area (Å²) in [5.74, 6) is 0.619. The average molecular weight is 335 g/mol. The van der Waals surface area contributed by atoms with Gasteiger partial charge in [-0.25, -0.2) is 0 Å². The molecule has 3 aromatic rings. The predicted molar refractivity (Wildman–Crippen MR) is 81.9 cm³/mol. The molecule has 3 rings (SSSR count). The maximum Gasteiger partial charge on any atom is 0.131 e. The van der Waals surface area contributed by atoms with Gasteiger partial charge in [0.15, 0.2) is 0 Å². The molecule has 3 heterocycles. The minimum Gasteiger partial charge on any atom is -0.383 e. The van der Waals surface area contributed by atoms with Gasteiger partial charge in [-0.2, -0.15) is 5.10 Å². The third-order valence-corrected chi connectivity index (χ3v) is 4.69. The van der Waals surface area contributed by atoms with Crippen molar-refractivity contribution in [2.45, 2.75) is 0 Å². The van der Waals surface area contributed by atoms with Gasteiger partial charge < -0.3 is 5.73 Å². The summed E-state index contributed by atoms with van der Waals surface area (Å²) >= 11 is 5.17. The summed E-state index contributed by atoms with van der Waals surface area (Å²) in [5.41, 5.74) is 8.72. The Kier molecular flexibility index (Phi) is 3.12. The molecule has 19 heavy (non-hydrogen) atoms. The fraction of sp³-hybridized carbons (Fsp3) is 0.0769. The number of anilines is 1. The molecular weight excluding hydrogens is 324 g/mol. The van der Waals surface area contributed by atoms with Crippen molar-refractivity contribution in [2.75, 3.05) is 5.73 Å². The fourth-order valence-electron chi connectivity index (χ4n) is 1.92. The first-order valence-electron chi connectivity index (χ1n) is 5.65. The van der Waals surface area contributed by atoms with Gasteiger partial charge in [0.25, 0.3) is 0 Å². The average Bonchev–Trinajstić information content (AvgIpc) is 2.96. The maximum absolute atomic E-state index is 6.14. The standard InChI is InChI=1S/C13H11BrN4S/c1-18-13(15)10(9-4-2-3-6-16-9)11(17-18)12-8(14)5-7-19-12/h2-7H,15H2,1H3. The van der Waals surface area contributed by atoms with E-state index in [2.05, 4.69) is 26.0 Å². The van der Waals surface area contributed by atoms with Crippen LogP contribution in [0.5, 0.6) is 0 Å². The molecule has 0 aliphatic heterocycles. The number of halogens is 1. The molecule has 0 atom stereocenters. The molecule has 0 radical (unpaired) electrons. The van der Waals surface area contributed by atoms with Crippen LogP contribution in [0.15, 0.2) is 40.3 Å². The van der Waals surface area contributed by atoms with E-state index in [-0.39, 0.29) is 0 Å². The van der Waals surface area contributed by atoms with Crippen molar-refractivity contribution >= 4 is 33.1 Å². The number of aromatic nitrogens is 3. The quantitative estimate of drug-likeness (QED) is 0.779. The lowest BCUT2D eigenvalue weighted by atomic mass is 10.1. The largest absolute Gasteiger partial charge is 0.383 e. The number of pyridine rings is 1. The maximum atomic E-state index is 6.14. The third kappa shape index (κ3) is 2.06. The van der Waals surface area contributed by atoms with Crippen LogP contribution in [-0.4, -0.2) is 14.8 Å². The van der Waals surface area contributed by atoms with E-state index < -0.39 is 0 Å². The highest BCUT2D eigenvalue weighted by Crippen LogP contribution is 2.40. The highest BCUT2D eigenvalue weighted by molar-refractivity contribution is 9.10. The first-order valence-corrected chi connectivity index (χ1v) is 7.33. The lowest BCUT2D eigenvalue weighted by Gasteiger charge is -2.02. The molecule has 0 aliphatic carbocycles. The number of thiophene rings is 1. The number of nitrogen functional groups attached to an aromatic ring is 1. The molecule has 96 valence electrons. The number of aryl methyl sites for hydroxylation is 1. The van der Waals surface area contributed by atoms with E-state index in [1.165, 1.54) is 0 Å². The molecule has 0 bridgehead atoms. The summed E-state index contributed by atoms with van der Waals surface area (Å²) in [6.07, 6.45) is 1.76. The minimum absolute atomic E-state index is 0.619. The van der Waals surface area contributed by atoms with Crippen molar-refractivity contribution in [3.8, 4) is 21.8 Å². The first kappa shape index (κ1) is 12.4. The monoisotopic (exact) mass is 334 g/mol. The zero-order chi connectivity index (χ0) is 13.4. The van der Waals surface area contributed by atoms with Crippen molar-refractivity contribution in [3.63, 3.8) is 0 Å². The van der Waals surface area contributed by atoms with E-state index in [0.29, 0.717) is 5.82 Å².